The van der Waals surface area contributed by atoms with E-state index in [2.05, 4.69) is 29.4 Å². The smallest absolute Gasteiger partial charge is 0.226 e. The number of aromatic nitrogens is 1. The van der Waals surface area contributed by atoms with Gasteiger partial charge in [-0.1, -0.05) is 23.5 Å². The largest absolute Gasteiger partial charge is 0.382 e. The van der Waals surface area contributed by atoms with E-state index in [-0.39, 0.29) is 5.91 Å². The highest BCUT2D eigenvalue weighted by molar-refractivity contribution is 7.22. The molecule has 0 fully saturated rings. The summed E-state index contributed by atoms with van der Waals surface area (Å²) in [5, 5.41) is 3.56. The molecule has 0 saturated heterocycles. The van der Waals surface area contributed by atoms with E-state index < -0.39 is 0 Å². The number of carbonyl (C=O) groups excluding carboxylic acids is 1. The van der Waals surface area contributed by atoms with Gasteiger partial charge in [-0.05, 0) is 38.3 Å². The van der Waals surface area contributed by atoms with Gasteiger partial charge in [0.1, 0.15) is 0 Å². The van der Waals surface area contributed by atoms with Crippen LogP contribution in [0.15, 0.2) is 12.1 Å². The first kappa shape index (κ1) is 14.9. The van der Waals surface area contributed by atoms with Crippen molar-refractivity contribution in [2.45, 2.75) is 33.6 Å². The fraction of sp³-hybridized carbons (Fsp3) is 0.467. The van der Waals surface area contributed by atoms with E-state index >= 15 is 0 Å². The molecule has 1 amide bonds. The first-order valence-corrected chi connectivity index (χ1v) is 7.67. The van der Waals surface area contributed by atoms with Crippen molar-refractivity contribution in [3.8, 4) is 0 Å². The second kappa shape index (κ2) is 6.81. The Morgan fingerprint density at radius 1 is 1.35 bits per heavy atom. The van der Waals surface area contributed by atoms with E-state index in [4.69, 9.17) is 4.74 Å². The number of amides is 1. The summed E-state index contributed by atoms with van der Waals surface area (Å²) >= 11 is 1.54. The van der Waals surface area contributed by atoms with Crippen molar-refractivity contribution in [3.05, 3.63) is 23.3 Å². The number of aryl methyl sites for hydroxylation is 2. The van der Waals surface area contributed by atoms with Crippen molar-refractivity contribution in [2.24, 2.45) is 0 Å². The number of carbonyl (C=O) groups is 1. The zero-order valence-corrected chi connectivity index (χ0v) is 13.0. The fourth-order valence-corrected chi connectivity index (χ4v) is 3.00. The molecule has 0 bridgehead atoms. The summed E-state index contributed by atoms with van der Waals surface area (Å²) in [5.74, 6) is -0.000865. The summed E-state index contributed by atoms with van der Waals surface area (Å²) in [4.78, 5) is 16.3. The summed E-state index contributed by atoms with van der Waals surface area (Å²) in [5.41, 5.74) is 3.32. The molecule has 2 aromatic rings. The van der Waals surface area contributed by atoms with Crippen molar-refractivity contribution < 1.29 is 9.53 Å². The average molecular weight is 292 g/mol. The van der Waals surface area contributed by atoms with Crippen LogP contribution in [0.3, 0.4) is 0 Å². The number of hydrogen-bond acceptors (Lipinski definition) is 4. The van der Waals surface area contributed by atoms with Gasteiger partial charge in [0.25, 0.3) is 0 Å². The highest BCUT2D eigenvalue weighted by Gasteiger charge is 2.10. The lowest BCUT2D eigenvalue weighted by Gasteiger charge is -2.01. The van der Waals surface area contributed by atoms with Gasteiger partial charge in [-0.2, -0.15) is 0 Å². The van der Waals surface area contributed by atoms with Crippen LogP contribution in [0.4, 0.5) is 5.13 Å². The van der Waals surface area contributed by atoms with Gasteiger partial charge in [0.05, 0.1) is 10.2 Å². The van der Waals surface area contributed by atoms with Gasteiger partial charge in [0.2, 0.25) is 5.91 Å². The third kappa shape index (κ3) is 3.55. The molecule has 108 valence electrons. The molecular formula is C15H20N2O2S. The Balaban J connectivity index is 2.01. The van der Waals surface area contributed by atoms with Gasteiger partial charge in [-0.15, -0.1) is 0 Å². The van der Waals surface area contributed by atoms with Crippen molar-refractivity contribution in [2.75, 3.05) is 18.5 Å². The molecule has 1 N–H and O–H groups in total. The number of ether oxygens (including phenoxy) is 1. The van der Waals surface area contributed by atoms with E-state index in [1.165, 1.54) is 16.9 Å². The number of hydrogen-bond donors (Lipinski definition) is 1. The molecule has 0 aliphatic carbocycles. The molecule has 0 radical (unpaired) electrons. The second-order valence-electron chi connectivity index (χ2n) is 4.74. The molecule has 0 spiro atoms. The van der Waals surface area contributed by atoms with Crippen LogP contribution in [0.2, 0.25) is 0 Å². The maximum atomic E-state index is 11.8. The predicted octanol–water partition coefficient (Wildman–Crippen LogP) is 3.67. The topological polar surface area (TPSA) is 51.2 Å². The molecule has 0 unspecified atom stereocenters. The summed E-state index contributed by atoms with van der Waals surface area (Å²) < 4.78 is 6.37. The molecular weight excluding hydrogens is 272 g/mol. The number of fused-ring (bicyclic) bond motifs is 1. The second-order valence-corrected chi connectivity index (χ2v) is 5.74. The Morgan fingerprint density at radius 3 is 2.80 bits per heavy atom. The molecule has 2 rings (SSSR count). The van der Waals surface area contributed by atoms with Crippen LogP contribution in [0, 0.1) is 13.8 Å². The highest BCUT2D eigenvalue weighted by Crippen LogP contribution is 2.30. The zero-order chi connectivity index (χ0) is 14.5. The van der Waals surface area contributed by atoms with Crippen LogP contribution in [-0.4, -0.2) is 24.1 Å². The minimum atomic E-state index is -0.000865. The van der Waals surface area contributed by atoms with Gasteiger partial charge >= 0.3 is 0 Å². The van der Waals surface area contributed by atoms with Crippen LogP contribution >= 0.6 is 11.3 Å². The SMILES string of the molecule is CCOCCCC(=O)Nc1nc2c(C)ccc(C)c2s1. The Kier molecular flexibility index (Phi) is 5.09. The minimum Gasteiger partial charge on any atom is -0.382 e. The predicted molar refractivity (Wildman–Crippen MR) is 83.5 cm³/mol. The number of nitrogens with one attached hydrogen (secondary N) is 1. The fourth-order valence-electron chi connectivity index (χ4n) is 1.97. The van der Waals surface area contributed by atoms with E-state index in [9.17, 15) is 4.79 Å². The summed E-state index contributed by atoms with van der Waals surface area (Å²) in [6, 6.07) is 4.15. The van der Waals surface area contributed by atoms with Gasteiger partial charge < -0.3 is 10.1 Å². The normalized spacial score (nSPS) is 10.9. The molecule has 1 aromatic heterocycles. The molecule has 4 nitrogen and oxygen atoms in total. The van der Waals surface area contributed by atoms with Crippen molar-refractivity contribution in [1.82, 2.24) is 4.98 Å². The molecule has 0 atom stereocenters. The first-order valence-electron chi connectivity index (χ1n) is 6.86. The van der Waals surface area contributed by atoms with Crippen molar-refractivity contribution in [3.63, 3.8) is 0 Å². The Hall–Kier alpha value is -1.46. The van der Waals surface area contributed by atoms with Crippen LogP contribution in [0.1, 0.15) is 30.9 Å². The zero-order valence-electron chi connectivity index (χ0n) is 12.2. The third-order valence-electron chi connectivity index (χ3n) is 3.09. The number of rotatable bonds is 6. The third-order valence-corrected chi connectivity index (χ3v) is 4.19. The molecule has 0 aliphatic rings. The van der Waals surface area contributed by atoms with Crippen LogP contribution < -0.4 is 5.32 Å². The number of thiazole rings is 1. The first-order chi connectivity index (χ1) is 9.61. The lowest BCUT2D eigenvalue weighted by molar-refractivity contribution is -0.116. The van der Waals surface area contributed by atoms with E-state index in [1.54, 1.807) is 0 Å². The summed E-state index contributed by atoms with van der Waals surface area (Å²) in [7, 11) is 0. The lowest BCUT2D eigenvalue weighted by Crippen LogP contribution is -2.12. The Morgan fingerprint density at radius 2 is 2.10 bits per heavy atom. The molecule has 5 heteroatoms. The lowest BCUT2D eigenvalue weighted by atomic mass is 10.1. The number of benzene rings is 1. The number of nitrogens with zero attached hydrogens (tertiary/aromatic N) is 1. The Labute approximate surface area is 123 Å². The van der Waals surface area contributed by atoms with Crippen molar-refractivity contribution >= 4 is 32.6 Å². The quantitative estimate of drug-likeness (QED) is 0.826. The van der Waals surface area contributed by atoms with E-state index in [0.29, 0.717) is 24.8 Å². The van der Waals surface area contributed by atoms with E-state index in [1.807, 2.05) is 13.8 Å². The van der Waals surface area contributed by atoms with E-state index in [0.717, 1.165) is 22.2 Å². The van der Waals surface area contributed by atoms with Gasteiger partial charge in [-0.25, -0.2) is 4.98 Å². The molecule has 0 saturated carbocycles. The highest BCUT2D eigenvalue weighted by atomic mass is 32.1. The molecule has 20 heavy (non-hydrogen) atoms. The number of anilines is 1. The average Bonchev–Trinajstić information content (AvgIpc) is 2.84. The maximum Gasteiger partial charge on any atom is 0.226 e. The van der Waals surface area contributed by atoms with Crippen LogP contribution in [-0.2, 0) is 9.53 Å². The summed E-state index contributed by atoms with van der Waals surface area (Å²) in [6.45, 7) is 7.37. The summed E-state index contributed by atoms with van der Waals surface area (Å²) in [6.07, 6.45) is 1.20. The van der Waals surface area contributed by atoms with Crippen molar-refractivity contribution in [1.29, 1.82) is 0 Å². The molecule has 1 heterocycles. The Bertz CT molecular complexity index is 568. The standard InChI is InChI=1S/C15H20N2O2S/c1-4-19-9-5-6-12(18)16-15-17-13-10(2)7-8-11(3)14(13)20-15/h7-8H,4-6,9H2,1-3H3,(H,16,17,18). The van der Waals surface area contributed by atoms with Crippen LogP contribution in [0.25, 0.3) is 10.2 Å². The van der Waals surface area contributed by atoms with Gasteiger partial charge in [0.15, 0.2) is 5.13 Å². The molecule has 1 aromatic carbocycles. The maximum absolute atomic E-state index is 11.8. The van der Waals surface area contributed by atoms with Crippen LogP contribution in [0.5, 0.6) is 0 Å². The molecule has 0 aliphatic heterocycles. The van der Waals surface area contributed by atoms with Gasteiger partial charge in [-0.3, -0.25) is 4.79 Å². The minimum absolute atomic E-state index is 0.000865. The monoisotopic (exact) mass is 292 g/mol. The van der Waals surface area contributed by atoms with Gasteiger partial charge in [0, 0.05) is 19.6 Å².